The molecule has 6 rings (SSSR count). The number of amides is 1. The van der Waals surface area contributed by atoms with Gasteiger partial charge < -0.3 is 24.1 Å². The van der Waals surface area contributed by atoms with Gasteiger partial charge in [0.25, 0.3) is 0 Å². The van der Waals surface area contributed by atoms with Gasteiger partial charge in [-0.1, -0.05) is 60.7 Å². The fourth-order valence-corrected chi connectivity index (χ4v) is 6.22. The Morgan fingerprint density at radius 3 is 2.38 bits per heavy atom. The van der Waals surface area contributed by atoms with Crippen molar-refractivity contribution >= 4 is 34.0 Å². The number of fused-ring (bicyclic) bond motifs is 3. The first kappa shape index (κ1) is 29.9. The molecule has 5 aromatic rings. The maximum atomic E-state index is 13.2. The lowest BCUT2D eigenvalue weighted by Gasteiger charge is -2.32. The third-order valence-corrected chi connectivity index (χ3v) is 8.43. The van der Waals surface area contributed by atoms with Gasteiger partial charge in [0.2, 0.25) is 6.10 Å². The molecule has 2 aromatic heterocycles. The molecule has 10 heteroatoms. The lowest BCUT2D eigenvalue weighted by Crippen LogP contribution is -2.43. The largest absolute Gasteiger partial charge is 0.488 e. The van der Waals surface area contributed by atoms with Crippen molar-refractivity contribution in [1.29, 1.82) is 0 Å². The molecule has 1 amide bonds. The Labute approximate surface area is 260 Å². The molecule has 1 aliphatic rings. The predicted octanol–water partition coefficient (Wildman–Crippen LogP) is 5.63. The van der Waals surface area contributed by atoms with Crippen LogP contribution in [0.15, 0.2) is 77.7 Å². The molecule has 232 valence electrons. The Bertz CT molecular complexity index is 1880. The normalized spacial score (nSPS) is 14.4. The van der Waals surface area contributed by atoms with Gasteiger partial charge in [0.15, 0.2) is 0 Å². The summed E-state index contributed by atoms with van der Waals surface area (Å²) < 4.78 is 18.6. The number of piperidine rings is 1. The SMILES string of the molecule is COC(=O)[C@@H](Cc1cc(C)c(OCc2ccccc2)c(C)c1)OC(=O)N1CCC(n2c(=O)[nH]c3c4ccccc4ncc32)CC1. The number of carbonyl (C=O) groups excluding carboxylic acids is 2. The second-order valence-electron chi connectivity index (χ2n) is 11.5. The van der Waals surface area contributed by atoms with Crippen molar-refractivity contribution in [3.63, 3.8) is 0 Å². The van der Waals surface area contributed by atoms with Crippen molar-refractivity contribution in [2.45, 2.75) is 51.9 Å². The van der Waals surface area contributed by atoms with Gasteiger partial charge in [0.1, 0.15) is 12.4 Å². The third kappa shape index (κ3) is 6.26. The maximum Gasteiger partial charge on any atom is 0.410 e. The highest BCUT2D eigenvalue weighted by Crippen LogP contribution is 2.29. The van der Waals surface area contributed by atoms with E-state index in [0.717, 1.165) is 49.9 Å². The number of nitrogens with one attached hydrogen (secondary N) is 1. The third-order valence-electron chi connectivity index (χ3n) is 8.43. The number of benzene rings is 3. The molecular formula is C35H36N4O6. The number of carbonyl (C=O) groups is 2. The molecule has 1 fully saturated rings. The highest BCUT2D eigenvalue weighted by molar-refractivity contribution is 6.01. The van der Waals surface area contributed by atoms with E-state index in [1.54, 1.807) is 15.7 Å². The number of H-pyrrole nitrogens is 1. The fraction of sp³-hybridized carbons (Fsp3) is 0.314. The van der Waals surface area contributed by atoms with Gasteiger partial charge in [0.05, 0.1) is 29.9 Å². The number of para-hydroxylation sites is 1. The molecule has 0 radical (unpaired) electrons. The number of methoxy groups -OCH3 is 1. The molecule has 45 heavy (non-hydrogen) atoms. The first-order chi connectivity index (χ1) is 21.8. The number of hydrogen-bond donors (Lipinski definition) is 1. The van der Waals surface area contributed by atoms with E-state index in [-0.39, 0.29) is 18.2 Å². The minimum Gasteiger partial charge on any atom is -0.488 e. The molecular weight excluding hydrogens is 572 g/mol. The summed E-state index contributed by atoms with van der Waals surface area (Å²) >= 11 is 0. The van der Waals surface area contributed by atoms with Crippen LogP contribution in [0.1, 0.15) is 41.1 Å². The molecule has 1 aliphatic heterocycles. The van der Waals surface area contributed by atoms with Gasteiger partial charge in [0, 0.05) is 30.9 Å². The Hall–Kier alpha value is -5.12. The molecule has 10 nitrogen and oxygen atoms in total. The number of aryl methyl sites for hydroxylation is 2. The molecule has 1 atom stereocenters. The van der Waals surface area contributed by atoms with E-state index in [1.165, 1.54) is 7.11 Å². The van der Waals surface area contributed by atoms with E-state index in [0.29, 0.717) is 32.5 Å². The van der Waals surface area contributed by atoms with Crippen LogP contribution in [0.25, 0.3) is 21.9 Å². The van der Waals surface area contributed by atoms with Crippen LogP contribution in [0, 0.1) is 13.8 Å². The zero-order valence-electron chi connectivity index (χ0n) is 25.6. The molecule has 3 heterocycles. The van der Waals surface area contributed by atoms with E-state index >= 15 is 0 Å². The summed E-state index contributed by atoms with van der Waals surface area (Å²) in [7, 11) is 1.28. The highest BCUT2D eigenvalue weighted by Gasteiger charge is 2.31. The molecule has 0 unspecified atom stereocenters. The van der Waals surface area contributed by atoms with Gasteiger partial charge >= 0.3 is 17.8 Å². The number of aromatic amines is 1. The molecule has 0 bridgehead atoms. The summed E-state index contributed by atoms with van der Waals surface area (Å²) in [4.78, 5) is 48.1. The number of hydrogen-bond acceptors (Lipinski definition) is 7. The summed E-state index contributed by atoms with van der Waals surface area (Å²) in [5.41, 5.74) is 5.87. The van der Waals surface area contributed by atoms with Crippen LogP contribution in [0.2, 0.25) is 0 Å². The number of rotatable bonds is 8. The van der Waals surface area contributed by atoms with E-state index in [1.807, 2.05) is 80.6 Å². The number of ether oxygens (including phenoxy) is 3. The van der Waals surface area contributed by atoms with Crippen molar-refractivity contribution in [2.24, 2.45) is 0 Å². The van der Waals surface area contributed by atoms with Crippen LogP contribution in [-0.4, -0.2) is 57.8 Å². The molecule has 0 saturated carbocycles. The second kappa shape index (κ2) is 12.9. The highest BCUT2D eigenvalue weighted by atomic mass is 16.6. The Kier molecular flexibility index (Phi) is 8.55. The maximum absolute atomic E-state index is 13.2. The summed E-state index contributed by atoms with van der Waals surface area (Å²) in [5.74, 6) is 0.165. The number of aromatic nitrogens is 3. The topological polar surface area (TPSA) is 116 Å². The van der Waals surface area contributed by atoms with Crippen molar-refractivity contribution in [2.75, 3.05) is 20.2 Å². The molecule has 0 aliphatic carbocycles. The van der Waals surface area contributed by atoms with Crippen molar-refractivity contribution in [3.8, 4) is 5.75 Å². The average Bonchev–Trinajstić information content (AvgIpc) is 3.40. The van der Waals surface area contributed by atoms with Gasteiger partial charge in [-0.2, -0.15) is 0 Å². The quantitative estimate of drug-likeness (QED) is 0.227. The van der Waals surface area contributed by atoms with Crippen LogP contribution >= 0.6 is 0 Å². The molecule has 0 spiro atoms. The standard InChI is InChI=1S/C35H36N4O6/c1-22-17-25(18-23(2)32(22)44-21-24-9-5-4-6-10-24)19-30(33(40)43-3)45-35(42)38-15-13-26(14-16-38)39-29-20-36-28-12-8-7-11-27(28)31(29)37-34(39)41/h4-12,17-18,20,26,30H,13-16,19,21H2,1-3H3,(H,37,41)/t30-/m1/s1. The Morgan fingerprint density at radius 2 is 1.67 bits per heavy atom. The number of imidazole rings is 1. The van der Waals surface area contributed by atoms with Crippen LogP contribution in [-0.2, 0) is 27.3 Å². The summed E-state index contributed by atoms with van der Waals surface area (Å²) in [6.45, 7) is 5.12. The van der Waals surface area contributed by atoms with Crippen molar-refractivity contribution < 1.29 is 23.8 Å². The Balaban J connectivity index is 1.11. The molecule has 1 saturated heterocycles. The van der Waals surface area contributed by atoms with Crippen molar-refractivity contribution in [3.05, 3.63) is 106 Å². The fourth-order valence-electron chi connectivity index (χ4n) is 6.22. The predicted molar refractivity (Wildman–Crippen MR) is 170 cm³/mol. The zero-order chi connectivity index (χ0) is 31.5. The van der Waals surface area contributed by atoms with Crippen LogP contribution < -0.4 is 10.4 Å². The summed E-state index contributed by atoms with van der Waals surface area (Å²) in [5, 5.41) is 0.889. The monoisotopic (exact) mass is 608 g/mol. The number of esters is 1. The first-order valence-corrected chi connectivity index (χ1v) is 15.1. The van der Waals surface area contributed by atoms with E-state index < -0.39 is 18.2 Å². The van der Waals surface area contributed by atoms with Crippen LogP contribution in [0.3, 0.4) is 0 Å². The lowest BCUT2D eigenvalue weighted by molar-refractivity contribution is -0.151. The van der Waals surface area contributed by atoms with E-state index in [4.69, 9.17) is 14.2 Å². The van der Waals surface area contributed by atoms with Crippen LogP contribution in [0.4, 0.5) is 4.79 Å². The smallest absolute Gasteiger partial charge is 0.410 e. The van der Waals surface area contributed by atoms with Gasteiger partial charge in [-0.25, -0.2) is 14.4 Å². The first-order valence-electron chi connectivity index (χ1n) is 15.1. The van der Waals surface area contributed by atoms with Gasteiger partial charge in [-0.3, -0.25) is 9.55 Å². The lowest BCUT2D eigenvalue weighted by atomic mass is 10.0. The number of likely N-dealkylation sites (tertiary alicyclic amines) is 1. The number of nitrogens with zero attached hydrogens (tertiary/aromatic N) is 3. The minimum absolute atomic E-state index is 0.108. The van der Waals surface area contributed by atoms with Gasteiger partial charge in [-0.15, -0.1) is 0 Å². The number of pyridine rings is 1. The average molecular weight is 609 g/mol. The molecule has 3 aromatic carbocycles. The van der Waals surface area contributed by atoms with Crippen LogP contribution in [0.5, 0.6) is 5.75 Å². The Morgan fingerprint density at radius 1 is 0.978 bits per heavy atom. The van der Waals surface area contributed by atoms with Gasteiger partial charge in [-0.05, 0) is 55.0 Å². The summed E-state index contributed by atoms with van der Waals surface area (Å²) in [6.07, 6.45) is 1.31. The van der Waals surface area contributed by atoms with Crippen molar-refractivity contribution in [1.82, 2.24) is 19.4 Å². The second-order valence-corrected chi connectivity index (χ2v) is 11.5. The molecule has 1 N–H and O–H groups in total. The zero-order valence-corrected chi connectivity index (χ0v) is 25.6. The van der Waals surface area contributed by atoms with E-state index in [9.17, 15) is 14.4 Å². The van der Waals surface area contributed by atoms with E-state index in [2.05, 4.69) is 9.97 Å². The summed E-state index contributed by atoms with van der Waals surface area (Å²) in [6, 6.07) is 21.4. The minimum atomic E-state index is -1.11.